The van der Waals surface area contributed by atoms with Crippen molar-refractivity contribution >= 4 is 34.1 Å². The maximum atomic E-state index is 12.7. The second-order valence-electron chi connectivity index (χ2n) is 4.12. The lowest BCUT2D eigenvalue weighted by Gasteiger charge is -2.08. The van der Waals surface area contributed by atoms with Crippen molar-refractivity contribution in [2.45, 2.75) is 6.43 Å². The van der Waals surface area contributed by atoms with Crippen LogP contribution in [0.15, 0.2) is 30.7 Å². The number of rotatable bonds is 3. The third kappa shape index (κ3) is 2.90. The van der Waals surface area contributed by atoms with E-state index in [0.29, 0.717) is 16.2 Å². The minimum atomic E-state index is -2.79. The van der Waals surface area contributed by atoms with Crippen LogP contribution in [0.1, 0.15) is 12.2 Å². The van der Waals surface area contributed by atoms with Crippen molar-refractivity contribution in [2.75, 3.05) is 0 Å². The number of hydrogen-bond acceptors (Lipinski definition) is 5. The molecule has 0 N–H and O–H groups in total. The van der Waals surface area contributed by atoms with Crippen molar-refractivity contribution < 1.29 is 13.5 Å². The van der Waals surface area contributed by atoms with Gasteiger partial charge in [0.25, 0.3) is 6.43 Å². The fraction of sp³-hybridized carbons (Fsp3) is 0.0769. The first-order valence-corrected chi connectivity index (χ1v) is 6.69. The van der Waals surface area contributed by atoms with Gasteiger partial charge in [0.1, 0.15) is 5.75 Å². The Morgan fingerprint density at radius 2 is 1.73 bits per heavy atom. The van der Waals surface area contributed by atoms with E-state index in [9.17, 15) is 8.78 Å². The van der Waals surface area contributed by atoms with Gasteiger partial charge in [-0.15, -0.1) is 0 Å². The van der Waals surface area contributed by atoms with Gasteiger partial charge in [0.05, 0.1) is 33.3 Å². The van der Waals surface area contributed by atoms with Crippen molar-refractivity contribution in [3.63, 3.8) is 0 Å². The fourth-order valence-corrected chi connectivity index (χ4v) is 2.03. The Bertz CT molecular complexity index is 830. The summed E-state index contributed by atoms with van der Waals surface area (Å²) in [5.41, 5.74) is 0.165. The molecule has 2 heterocycles. The van der Waals surface area contributed by atoms with Crippen molar-refractivity contribution in [1.82, 2.24) is 19.9 Å². The molecular weight excluding hydrogens is 337 g/mol. The molecule has 0 aliphatic carbocycles. The summed E-state index contributed by atoms with van der Waals surface area (Å²) in [6, 6.07) is 3.08. The Labute approximate surface area is 132 Å². The molecule has 0 aliphatic rings. The maximum absolute atomic E-state index is 12.7. The second-order valence-corrected chi connectivity index (χ2v) is 4.97. The quantitative estimate of drug-likeness (QED) is 0.703. The topological polar surface area (TPSA) is 60.8 Å². The molecule has 0 bridgehead atoms. The van der Waals surface area contributed by atoms with Gasteiger partial charge in [0.15, 0.2) is 5.82 Å². The Morgan fingerprint density at radius 1 is 1.00 bits per heavy atom. The van der Waals surface area contributed by atoms with Crippen molar-refractivity contribution in [1.29, 1.82) is 0 Å². The van der Waals surface area contributed by atoms with Crippen molar-refractivity contribution in [2.24, 2.45) is 0 Å². The summed E-state index contributed by atoms with van der Waals surface area (Å²) in [5.74, 6) is -0.308. The highest BCUT2D eigenvalue weighted by Crippen LogP contribution is 2.32. The van der Waals surface area contributed by atoms with Crippen molar-refractivity contribution in [3.05, 3.63) is 46.6 Å². The van der Waals surface area contributed by atoms with E-state index in [-0.39, 0.29) is 16.5 Å². The van der Waals surface area contributed by atoms with Crippen LogP contribution in [0.5, 0.6) is 11.8 Å². The van der Waals surface area contributed by atoms with E-state index in [1.54, 1.807) is 6.07 Å². The molecule has 5 nitrogen and oxygen atoms in total. The molecular formula is C13H6Cl2F2N4O. The van der Waals surface area contributed by atoms with E-state index in [1.165, 1.54) is 24.7 Å². The first-order valence-electron chi connectivity index (χ1n) is 5.93. The number of halogens is 4. The van der Waals surface area contributed by atoms with Crippen LogP contribution in [0.3, 0.4) is 0 Å². The molecule has 3 aromatic rings. The fourth-order valence-electron chi connectivity index (χ4n) is 1.72. The van der Waals surface area contributed by atoms with E-state index in [4.69, 9.17) is 27.9 Å². The standard InChI is InChI=1S/C13H6Cl2F2N4O/c14-6-3-19-13(20-4-6)22-9-2-1-8(15)10-7(9)5-18-12(21-10)11(16)17/h1-5,11H. The molecule has 0 saturated heterocycles. The van der Waals surface area contributed by atoms with Crippen LogP contribution in [0, 0.1) is 0 Å². The van der Waals surface area contributed by atoms with Gasteiger partial charge in [-0.1, -0.05) is 23.2 Å². The van der Waals surface area contributed by atoms with E-state index >= 15 is 0 Å². The van der Waals surface area contributed by atoms with Crippen LogP contribution in [-0.2, 0) is 0 Å². The Balaban J connectivity index is 2.06. The van der Waals surface area contributed by atoms with E-state index < -0.39 is 12.2 Å². The molecule has 0 saturated carbocycles. The van der Waals surface area contributed by atoms with E-state index in [1.807, 2.05) is 0 Å². The molecule has 22 heavy (non-hydrogen) atoms. The summed E-state index contributed by atoms with van der Waals surface area (Å²) in [6.45, 7) is 0. The molecule has 0 amide bonds. The second kappa shape index (κ2) is 5.94. The zero-order chi connectivity index (χ0) is 15.7. The highest BCUT2D eigenvalue weighted by molar-refractivity contribution is 6.35. The summed E-state index contributed by atoms with van der Waals surface area (Å²) in [4.78, 5) is 15.1. The average molecular weight is 343 g/mol. The van der Waals surface area contributed by atoms with Gasteiger partial charge in [-0.05, 0) is 12.1 Å². The molecule has 0 unspecified atom stereocenters. The summed E-state index contributed by atoms with van der Waals surface area (Å²) in [7, 11) is 0. The first-order chi connectivity index (χ1) is 10.5. The molecule has 9 heteroatoms. The monoisotopic (exact) mass is 342 g/mol. The normalized spacial score (nSPS) is 11.1. The zero-order valence-electron chi connectivity index (χ0n) is 10.7. The van der Waals surface area contributed by atoms with Gasteiger partial charge in [-0.2, -0.15) is 0 Å². The predicted octanol–water partition coefficient (Wildman–Crippen LogP) is 4.46. The van der Waals surface area contributed by atoms with Crippen LogP contribution in [0.4, 0.5) is 8.78 Å². The molecule has 112 valence electrons. The van der Waals surface area contributed by atoms with E-state index in [2.05, 4.69) is 19.9 Å². The van der Waals surface area contributed by atoms with Crippen LogP contribution in [-0.4, -0.2) is 19.9 Å². The Hall–Kier alpha value is -2.12. The molecule has 0 radical (unpaired) electrons. The van der Waals surface area contributed by atoms with Crippen molar-refractivity contribution in [3.8, 4) is 11.8 Å². The average Bonchev–Trinajstić information content (AvgIpc) is 2.52. The van der Waals surface area contributed by atoms with Gasteiger partial charge in [-0.3, -0.25) is 0 Å². The van der Waals surface area contributed by atoms with Crippen LogP contribution >= 0.6 is 23.2 Å². The number of nitrogens with zero attached hydrogens (tertiary/aromatic N) is 4. The maximum Gasteiger partial charge on any atom is 0.321 e. The van der Waals surface area contributed by atoms with E-state index in [0.717, 1.165) is 0 Å². The summed E-state index contributed by atoms with van der Waals surface area (Å²) in [6.07, 6.45) is 1.17. The lowest BCUT2D eigenvalue weighted by atomic mass is 10.2. The smallest absolute Gasteiger partial charge is 0.321 e. The number of alkyl halides is 2. The van der Waals surface area contributed by atoms with Crippen LogP contribution in [0.25, 0.3) is 10.9 Å². The Morgan fingerprint density at radius 3 is 2.41 bits per heavy atom. The molecule has 0 aliphatic heterocycles. The van der Waals surface area contributed by atoms with Gasteiger partial charge < -0.3 is 4.74 Å². The minimum Gasteiger partial charge on any atom is -0.424 e. The number of hydrogen-bond donors (Lipinski definition) is 0. The Kier molecular flexibility index (Phi) is 4.00. The molecule has 3 rings (SSSR count). The molecule has 0 atom stereocenters. The number of ether oxygens (including phenoxy) is 1. The van der Waals surface area contributed by atoms with Crippen LogP contribution in [0.2, 0.25) is 10.0 Å². The largest absolute Gasteiger partial charge is 0.424 e. The summed E-state index contributed by atoms with van der Waals surface area (Å²) >= 11 is 11.7. The molecule has 0 fully saturated rings. The molecule has 2 aromatic heterocycles. The summed E-state index contributed by atoms with van der Waals surface area (Å²) in [5, 5.41) is 0.942. The van der Waals surface area contributed by atoms with Gasteiger partial charge >= 0.3 is 6.01 Å². The first kappa shape index (κ1) is 14.8. The lowest BCUT2D eigenvalue weighted by molar-refractivity contribution is 0.141. The third-order valence-electron chi connectivity index (χ3n) is 2.67. The highest BCUT2D eigenvalue weighted by atomic mass is 35.5. The lowest BCUT2D eigenvalue weighted by Crippen LogP contribution is -1.98. The number of fused-ring (bicyclic) bond motifs is 1. The zero-order valence-corrected chi connectivity index (χ0v) is 12.2. The number of aromatic nitrogens is 4. The third-order valence-corrected chi connectivity index (χ3v) is 3.17. The molecule has 0 spiro atoms. The van der Waals surface area contributed by atoms with Gasteiger partial charge in [-0.25, -0.2) is 28.7 Å². The van der Waals surface area contributed by atoms with Crippen LogP contribution < -0.4 is 4.74 Å². The minimum absolute atomic E-state index is 0.0472. The van der Waals surface area contributed by atoms with Gasteiger partial charge in [0, 0.05) is 6.20 Å². The molecule has 1 aromatic carbocycles. The predicted molar refractivity (Wildman–Crippen MR) is 76.6 cm³/mol. The number of benzene rings is 1. The summed E-state index contributed by atoms with van der Waals surface area (Å²) < 4.78 is 30.9. The highest BCUT2D eigenvalue weighted by Gasteiger charge is 2.15. The van der Waals surface area contributed by atoms with Gasteiger partial charge in [0.2, 0.25) is 0 Å². The SMILES string of the molecule is FC(F)c1ncc2c(Oc3ncc(Cl)cn3)ccc(Cl)c2n1.